The summed E-state index contributed by atoms with van der Waals surface area (Å²) < 4.78 is 31.0. The molecule has 1 aromatic carbocycles. The molecule has 0 amide bonds. The normalized spacial score (nSPS) is 26.6. The molecule has 20 heavy (non-hydrogen) atoms. The average molecular weight is 296 g/mol. The third-order valence-corrected chi connectivity index (χ3v) is 5.40. The van der Waals surface area contributed by atoms with Crippen molar-refractivity contribution in [3.05, 3.63) is 40.8 Å². The maximum absolute atomic E-state index is 12.7. The highest BCUT2D eigenvalue weighted by molar-refractivity contribution is 7.95. The van der Waals surface area contributed by atoms with Crippen LogP contribution in [0, 0.1) is 6.92 Å². The molecule has 0 saturated heterocycles. The van der Waals surface area contributed by atoms with Gasteiger partial charge in [-0.2, -0.15) is 0 Å². The number of benzene rings is 1. The van der Waals surface area contributed by atoms with Crippen LogP contribution < -0.4 is 0 Å². The molecule has 4 nitrogen and oxygen atoms in total. The second kappa shape index (κ2) is 5.31. The summed E-state index contributed by atoms with van der Waals surface area (Å²) in [4.78, 5) is 0.513. The van der Waals surface area contributed by atoms with Gasteiger partial charge in [-0.15, -0.1) is 0 Å². The predicted octanol–water partition coefficient (Wildman–Crippen LogP) is 2.21. The zero-order valence-corrected chi connectivity index (χ0v) is 12.8. The summed E-state index contributed by atoms with van der Waals surface area (Å²) in [5, 5.41) is 9.36. The van der Waals surface area contributed by atoms with E-state index in [4.69, 9.17) is 4.74 Å². The minimum absolute atomic E-state index is 0.240. The molecular formula is C15H20O4S. The second-order valence-corrected chi connectivity index (χ2v) is 7.30. The minimum atomic E-state index is -3.57. The first-order chi connectivity index (χ1) is 9.32. The van der Waals surface area contributed by atoms with Crippen molar-refractivity contribution in [2.75, 3.05) is 6.61 Å². The van der Waals surface area contributed by atoms with Gasteiger partial charge in [0.2, 0.25) is 9.84 Å². The zero-order chi connectivity index (χ0) is 15.0. The number of rotatable bonds is 4. The molecule has 1 heterocycles. The fourth-order valence-corrected chi connectivity index (χ4v) is 4.01. The summed E-state index contributed by atoms with van der Waals surface area (Å²) in [6, 6.07) is 6.75. The van der Waals surface area contributed by atoms with Crippen molar-refractivity contribution in [1.29, 1.82) is 0 Å². The van der Waals surface area contributed by atoms with Gasteiger partial charge in [-0.05, 0) is 38.5 Å². The fraction of sp³-hybridized carbons (Fsp3) is 0.467. The molecule has 5 heteroatoms. The summed E-state index contributed by atoms with van der Waals surface area (Å²) in [7, 11) is -3.57. The Bertz CT molecular complexity index is 616. The minimum Gasteiger partial charge on any atom is -0.393 e. The number of sulfone groups is 1. The van der Waals surface area contributed by atoms with E-state index in [0.29, 0.717) is 6.42 Å². The molecule has 1 aliphatic heterocycles. The van der Waals surface area contributed by atoms with Gasteiger partial charge < -0.3 is 9.84 Å². The molecule has 0 unspecified atom stereocenters. The average Bonchev–Trinajstić information content (AvgIpc) is 2.78. The number of aliphatic hydroxyl groups excluding tert-OH is 1. The molecule has 2 rings (SSSR count). The number of ether oxygens (including phenoxy) is 1. The maximum Gasteiger partial charge on any atom is 0.205 e. The lowest BCUT2D eigenvalue weighted by Crippen LogP contribution is -2.29. The van der Waals surface area contributed by atoms with Gasteiger partial charge in [0.25, 0.3) is 0 Å². The van der Waals surface area contributed by atoms with Crippen molar-refractivity contribution in [2.45, 2.75) is 43.8 Å². The Morgan fingerprint density at radius 3 is 2.40 bits per heavy atom. The van der Waals surface area contributed by atoms with Crippen molar-refractivity contribution in [1.82, 2.24) is 0 Å². The van der Waals surface area contributed by atoms with E-state index in [9.17, 15) is 13.5 Å². The molecule has 0 bridgehead atoms. The highest BCUT2D eigenvalue weighted by atomic mass is 32.2. The van der Waals surface area contributed by atoms with Gasteiger partial charge in [-0.1, -0.05) is 24.6 Å². The lowest BCUT2D eigenvalue weighted by Gasteiger charge is -2.21. The van der Waals surface area contributed by atoms with Crippen LogP contribution in [0.4, 0.5) is 0 Å². The first-order valence-electron chi connectivity index (χ1n) is 6.65. The van der Waals surface area contributed by atoms with Gasteiger partial charge in [0, 0.05) is 0 Å². The fourth-order valence-electron chi connectivity index (χ4n) is 2.28. The highest BCUT2D eigenvalue weighted by Crippen LogP contribution is 2.36. The molecule has 1 aromatic rings. The van der Waals surface area contributed by atoms with Crippen LogP contribution >= 0.6 is 0 Å². The molecule has 110 valence electrons. The van der Waals surface area contributed by atoms with E-state index >= 15 is 0 Å². The highest BCUT2D eigenvalue weighted by Gasteiger charge is 2.40. The monoisotopic (exact) mass is 296 g/mol. The third kappa shape index (κ3) is 2.66. The lowest BCUT2D eigenvalue weighted by molar-refractivity contribution is -0.0457. The SMILES string of the molecule is CC[C@@H]1O[C@](C)(CO)C=C1S(=O)(=O)c1ccc(C)cc1. The first-order valence-corrected chi connectivity index (χ1v) is 8.14. The number of aryl methyl sites for hydroxylation is 1. The van der Waals surface area contributed by atoms with Gasteiger partial charge in [-0.3, -0.25) is 0 Å². The van der Waals surface area contributed by atoms with Crippen molar-refractivity contribution >= 4 is 9.84 Å². The lowest BCUT2D eigenvalue weighted by atomic mass is 10.1. The van der Waals surface area contributed by atoms with Gasteiger partial charge in [0.05, 0.1) is 22.5 Å². The Labute approximate surface area is 120 Å². The largest absolute Gasteiger partial charge is 0.393 e. The molecule has 1 N–H and O–H groups in total. The van der Waals surface area contributed by atoms with Crippen LogP contribution in [-0.4, -0.2) is 31.8 Å². The molecule has 0 aliphatic carbocycles. The van der Waals surface area contributed by atoms with E-state index in [1.807, 2.05) is 13.8 Å². The van der Waals surface area contributed by atoms with Crippen molar-refractivity contribution in [3.8, 4) is 0 Å². The Balaban J connectivity index is 2.47. The van der Waals surface area contributed by atoms with E-state index in [1.54, 1.807) is 31.2 Å². The topological polar surface area (TPSA) is 63.6 Å². The van der Waals surface area contributed by atoms with Gasteiger partial charge in [0.1, 0.15) is 5.60 Å². The molecule has 1 aliphatic rings. The van der Waals surface area contributed by atoms with Crippen LogP contribution in [-0.2, 0) is 14.6 Å². The van der Waals surface area contributed by atoms with Gasteiger partial charge in [-0.25, -0.2) is 8.42 Å². The summed E-state index contributed by atoms with van der Waals surface area (Å²) in [6.07, 6.45) is 1.58. The van der Waals surface area contributed by atoms with Crippen LogP contribution in [0.2, 0.25) is 0 Å². The van der Waals surface area contributed by atoms with E-state index in [1.165, 1.54) is 6.08 Å². The Morgan fingerprint density at radius 1 is 1.30 bits per heavy atom. The van der Waals surface area contributed by atoms with Crippen LogP contribution in [0.15, 0.2) is 40.1 Å². The van der Waals surface area contributed by atoms with Crippen molar-refractivity contribution < 1.29 is 18.3 Å². The van der Waals surface area contributed by atoms with Gasteiger partial charge >= 0.3 is 0 Å². The zero-order valence-electron chi connectivity index (χ0n) is 12.0. The quantitative estimate of drug-likeness (QED) is 0.925. The number of aliphatic hydroxyl groups is 1. The number of hydrogen-bond donors (Lipinski definition) is 1. The van der Waals surface area contributed by atoms with Crippen LogP contribution in [0.5, 0.6) is 0 Å². The molecule has 0 fully saturated rings. The molecule has 0 saturated carbocycles. The summed E-state index contributed by atoms with van der Waals surface area (Å²) in [5.41, 5.74) is 0.0844. The number of hydrogen-bond acceptors (Lipinski definition) is 4. The third-order valence-electron chi connectivity index (χ3n) is 3.50. The molecular weight excluding hydrogens is 276 g/mol. The van der Waals surface area contributed by atoms with E-state index < -0.39 is 21.5 Å². The molecule has 0 radical (unpaired) electrons. The Hall–Kier alpha value is -1.17. The van der Waals surface area contributed by atoms with Crippen LogP contribution in [0.1, 0.15) is 25.8 Å². The van der Waals surface area contributed by atoms with E-state index in [-0.39, 0.29) is 16.4 Å². The summed E-state index contributed by atoms with van der Waals surface area (Å²) in [5.74, 6) is 0. The second-order valence-electron chi connectivity index (χ2n) is 5.35. The Morgan fingerprint density at radius 2 is 1.90 bits per heavy atom. The first kappa shape index (κ1) is 15.2. The van der Waals surface area contributed by atoms with Crippen LogP contribution in [0.3, 0.4) is 0 Å². The summed E-state index contributed by atoms with van der Waals surface area (Å²) in [6.45, 7) is 5.22. The Kier molecular flexibility index (Phi) is 4.04. The van der Waals surface area contributed by atoms with E-state index in [2.05, 4.69) is 0 Å². The van der Waals surface area contributed by atoms with E-state index in [0.717, 1.165) is 5.56 Å². The summed E-state index contributed by atoms with van der Waals surface area (Å²) >= 11 is 0. The van der Waals surface area contributed by atoms with Gasteiger partial charge in [0.15, 0.2) is 0 Å². The standard InChI is InChI=1S/C15H20O4S/c1-4-13-14(9-15(3,10-16)19-13)20(17,18)12-7-5-11(2)6-8-12/h5-9,13,16H,4,10H2,1-3H3/t13-,15-/m0/s1. The van der Waals surface area contributed by atoms with Crippen molar-refractivity contribution in [3.63, 3.8) is 0 Å². The molecule has 2 atom stereocenters. The van der Waals surface area contributed by atoms with Crippen molar-refractivity contribution in [2.24, 2.45) is 0 Å². The molecule has 0 aromatic heterocycles. The molecule has 0 spiro atoms. The smallest absolute Gasteiger partial charge is 0.205 e. The van der Waals surface area contributed by atoms with Crippen LogP contribution in [0.25, 0.3) is 0 Å². The predicted molar refractivity (Wildman–Crippen MR) is 77.1 cm³/mol. The maximum atomic E-state index is 12.7.